The van der Waals surface area contributed by atoms with E-state index in [1.165, 1.54) is 0 Å². The molecule has 0 bridgehead atoms. The highest BCUT2D eigenvalue weighted by Crippen LogP contribution is 2.21. The van der Waals surface area contributed by atoms with Crippen LogP contribution in [0.25, 0.3) is 11.4 Å². The molecule has 30 heavy (non-hydrogen) atoms. The molecule has 4 aromatic rings. The Morgan fingerprint density at radius 1 is 1.17 bits per heavy atom. The Morgan fingerprint density at radius 2 is 1.97 bits per heavy atom. The lowest BCUT2D eigenvalue weighted by Gasteiger charge is -2.09. The molecule has 0 saturated carbocycles. The van der Waals surface area contributed by atoms with Crippen LogP contribution in [0.4, 0.5) is 5.69 Å². The molecule has 7 nitrogen and oxygen atoms in total. The molecule has 0 saturated heterocycles. The average Bonchev–Trinajstić information content (AvgIpc) is 3.32. The number of rotatable bonds is 6. The van der Waals surface area contributed by atoms with Gasteiger partial charge >= 0.3 is 0 Å². The van der Waals surface area contributed by atoms with E-state index >= 15 is 0 Å². The molecule has 1 N–H and O–H groups in total. The zero-order valence-corrected chi connectivity index (χ0v) is 17.0. The average molecular weight is 402 g/mol. The van der Waals surface area contributed by atoms with Crippen molar-refractivity contribution in [2.75, 3.05) is 5.32 Å². The first-order chi connectivity index (χ1) is 14.5. The maximum absolute atomic E-state index is 12.7. The molecule has 0 aliphatic heterocycles. The van der Waals surface area contributed by atoms with Gasteiger partial charge in [0.25, 0.3) is 5.91 Å². The smallest absolute Gasteiger partial charge is 0.255 e. The predicted octanol–water partition coefficient (Wildman–Crippen LogP) is 4.52. The lowest BCUT2D eigenvalue weighted by atomic mass is 10.1. The number of benzene rings is 2. The SMILES string of the molecule is Cc1noc(C)c1COc1cccc(C(=O)Nc2ccc(-c3nccn3C)cc2)c1. The van der Waals surface area contributed by atoms with Crippen LogP contribution in [0.5, 0.6) is 5.75 Å². The van der Waals surface area contributed by atoms with E-state index in [2.05, 4.69) is 15.5 Å². The number of nitrogens with one attached hydrogen (secondary N) is 1. The molecule has 0 unspecified atom stereocenters. The maximum atomic E-state index is 12.7. The van der Waals surface area contributed by atoms with Gasteiger partial charge in [0.2, 0.25) is 0 Å². The van der Waals surface area contributed by atoms with Crippen molar-refractivity contribution in [1.82, 2.24) is 14.7 Å². The monoisotopic (exact) mass is 402 g/mol. The number of anilines is 1. The first-order valence-corrected chi connectivity index (χ1v) is 9.55. The largest absolute Gasteiger partial charge is 0.489 e. The highest BCUT2D eigenvalue weighted by atomic mass is 16.5. The molecular weight excluding hydrogens is 380 g/mol. The molecule has 0 aliphatic carbocycles. The number of ether oxygens (including phenoxy) is 1. The van der Waals surface area contributed by atoms with E-state index in [0.717, 1.165) is 28.4 Å². The van der Waals surface area contributed by atoms with Crippen molar-refractivity contribution >= 4 is 11.6 Å². The summed E-state index contributed by atoms with van der Waals surface area (Å²) in [6.45, 7) is 4.06. The Morgan fingerprint density at radius 3 is 2.63 bits per heavy atom. The quantitative estimate of drug-likeness (QED) is 0.513. The van der Waals surface area contributed by atoms with Gasteiger partial charge in [0, 0.05) is 36.3 Å². The Kier molecular flexibility index (Phi) is 5.34. The van der Waals surface area contributed by atoms with Crippen molar-refractivity contribution in [2.45, 2.75) is 20.5 Å². The standard InChI is InChI=1S/C23H22N4O3/c1-15-21(16(2)30-26-15)14-29-20-6-4-5-18(13-20)23(28)25-19-9-7-17(8-10-19)22-24-11-12-27(22)3/h4-13H,14H2,1-3H3,(H,25,28). The topological polar surface area (TPSA) is 82.2 Å². The van der Waals surface area contributed by atoms with Crippen LogP contribution < -0.4 is 10.1 Å². The number of carbonyl (C=O) groups excluding carboxylic acids is 1. The maximum Gasteiger partial charge on any atom is 0.255 e. The second kappa shape index (κ2) is 8.24. The molecule has 4 rings (SSSR count). The molecule has 2 aromatic carbocycles. The first kappa shape index (κ1) is 19.4. The van der Waals surface area contributed by atoms with Gasteiger partial charge in [-0.2, -0.15) is 0 Å². The van der Waals surface area contributed by atoms with Crippen LogP contribution in [0.1, 0.15) is 27.4 Å². The van der Waals surface area contributed by atoms with E-state index < -0.39 is 0 Å². The summed E-state index contributed by atoms with van der Waals surface area (Å²) in [4.78, 5) is 17.0. The van der Waals surface area contributed by atoms with Crippen LogP contribution in [0, 0.1) is 13.8 Å². The van der Waals surface area contributed by atoms with Gasteiger partial charge in [0.1, 0.15) is 23.9 Å². The van der Waals surface area contributed by atoms with Crippen LogP contribution in [0.3, 0.4) is 0 Å². The number of imidazole rings is 1. The van der Waals surface area contributed by atoms with Crippen LogP contribution in [0.15, 0.2) is 65.4 Å². The fraction of sp³-hybridized carbons (Fsp3) is 0.174. The number of aryl methyl sites for hydroxylation is 3. The van der Waals surface area contributed by atoms with Gasteiger partial charge in [0.05, 0.1) is 11.3 Å². The van der Waals surface area contributed by atoms with Crippen molar-refractivity contribution < 1.29 is 14.1 Å². The van der Waals surface area contributed by atoms with Crippen molar-refractivity contribution in [1.29, 1.82) is 0 Å². The third kappa shape index (κ3) is 4.10. The van der Waals surface area contributed by atoms with E-state index in [-0.39, 0.29) is 5.91 Å². The normalized spacial score (nSPS) is 10.8. The van der Waals surface area contributed by atoms with Gasteiger partial charge in [-0.05, 0) is 56.3 Å². The van der Waals surface area contributed by atoms with Crippen molar-refractivity contribution in [3.05, 3.63) is 83.5 Å². The number of hydrogen-bond acceptors (Lipinski definition) is 5. The number of nitrogens with zero attached hydrogens (tertiary/aromatic N) is 3. The first-order valence-electron chi connectivity index (χ1n) is 9.55. The fourth-order valence-corrected chi connectivity index (χ4v) is 3.14. The molecule has 152 valence electrons. The molecule has 2 heterocycles. The molecule has 0 spiro atoms. The Balaban J connectivity index is 1.42. The van der Waals surface area contributed by atoms with E-state index in [9.17, 15) is 4.79 Å². The van der Waals surface area contributed by atoms with Crippen molar-refractivity contribution in [2.24, 2.45) is 7.05 Å². The third-order valence-corrected chi connectivity index (χ3v) is 4.88. The minimum atomic E-state index is -0.206. The number of aromatic nitrogens is 3. The molecule has 0 atom stereocenters. The van der Waals surface area contributed by atoms with Crippen LogP contribution >= 0.6 is 0 Å². The molecule has 7 heteroatoms. The van der Waals surface area contributed by atoms with Crippen LogP contribution in [0.2, 0.25) is 0 Å². The third-order valence-electron chi connectivity index (χ3n) is 4.88. The van der Waals surface area contributed by atoms with Gasteiger partial charge in [-0.1, -0.05) is 11.2 Å². The van der Waals surface area contributed by atoms with Crippen LogP contribution in [-0.2, 0) is 13.7 Å². The minimum Gasteiger partial charge on any atom is -0.489 e. The summed E-state index contributed by atoms with van der Waals surface area (Å²) >= 11 is 0. The lowest BCUT2D eigenvalue weighted by Crippen LogP contribution is -2.12. The summed E-state index contributed by atoms with van der Waals surface area (Å²) in [7, 11) is 1.94. The zero-order chi connectivity index (χ0) is 21.1. The van der Waals surface area contributed by atoms with E-state index in [4.69, 9.17) is 9.26 Å². The minimum absolute atomic E-state index is 0.206. The lowest BCUT2D eigenvalue weighted by molar-refractivity contribution is 0.102. The second-order valence-electron chi connectivity index (χ2n) is 7.01. The number of carbonyl (C=O) groups is 1. The van der Waals surface area contributed by atoms with Crippen molar-refractivity contribution in [3.63, 3.8) is 0 Å². The van der Waals surface area contributed by atoms with E-state index in [1.807, 2.05) is 62.0 Å². The Labute approximate surface area is 174 Å². The Bertz CT molecular complexity index is 1160. The van der Waals surface area contributed by atoms with Crippen LogP contribution in [-0.4, -0.2) is 20.6 Å². The number of amides is 1. The highest BCUT2D eigenvalue weighted by molar-refractivity contribution is 6.04. The van der Waals surface area contributed by atoms with Gasteiger partial charge in [-0.15, -0.1) is 0 Å². The Hall–Kier alpha value is -3.87. The predicted molar refractivity (Wildman–Crippen MR) is 113 cm³/mol. The fourth-order valence-electron chi connectivity index (χ4n) is 3.14. The molecule has 2 aromatic heterocycles. The number of hydrogen-bond donors (Lipinski definition) is 1. The highest BCUT2D eigenvalue weighted by Gasteiger charge is 2.12. The molecule has 0 fully saturated rings. The van der Waals surface area contributed by atoms with Gasteiger partial charge in [-0.3, -0.25) is 4.79 Å². The summed E-state index contributed by atoms with van der Waals surface area (Å²) in [6.07, 6.45) is 3.65. The van der Waals surface area contributed by atoms with Gasteiger partial charge < -0.3 is 19.1 Å². The molecular formula is C23H22N4O3. The molecule has 0 aliphatic rings. The molecule has 1 amide bonds. The van der Waals surface area contributed by atoms with Gasteiger partial charge in [-0.25, -0.2) is 4.98 Å². The van der Waals surface area contributed by atoms with Crippen molar-refractivity contribution in [3.8, 4) is 17.1 Å². The molecule has 0 radical (unpaired) electrons. The summed E-state index contributed by atoms with van der Waals surface area (Å²) < 4.78 is 12.9. The summed E-state index contributed by atoms with van der Waals surface area (Å²) in [5, 5.41) is 6.84. The van der Waals surface area contributed by atoms with E-state index in [1.54, 1.807) is 24.4 Å². The summed E-state index contributed by atoms with van der Waals surface area (Å²) in [6, 6.07) is 14.7. The van der Waals surface area contributed by atoms with Gasteiger partial charge in [0.15, 0.2) is 0 Å². The summed E-state index contributed by atoms with van der Waals surface area (Å²) in [5.74, 6) is 2.00. The second-order valence-corrected chi connectivity index (χ2v) is 7.01. The summed E-state index contributed by atoms with van der Waals surface area (Å²) in [5.41, 5.74) is 3.92. The zero-order valence-electron chi connectivity index (χ0n) is 17.0. The van der Waals surface area contributed by atoms with E-state index in [0.29, 0.717) is 23.6 Å².